The van der Waals surface area contributed by atoms with Gasteiger partial charge in [0.1, 0.15) is 23.7 Å². The van der Waals surface area contributed by atoms with Gasteiger partial charge in [-0.05, 0) is 61.3 Å². The van der Waals surface area contributed by atoms with Crippen LogP contribution in [-0.2, 0) is 0 Å². The average molecular weight is 442 g/mol. The molecule has 4 aromatic rings. The molecule has 5 nitrogen and oxygen atoms in total. The Morgan fingerprint density at radius 3 is 2.27 bits per heavy atom. The molecule has 1 fully saturated rings. The number of nitrogens with zero attached hydrogens (tertiary/aromatic N) is 1. The minimum atomic E-state index is -0.377. The van der Waals surface area contributed by atoms with Crippen molar-refractivity contribution in [2.24, 2.45) is 0 Å². The number of hydrogen-bond acceptors (Lipinski definition) is 5. The Kier molecular flexibility index (Phi) is 6.13. The number of methoxy groups -OCH3 is 1. The van der Waals surface area contributed by atoms with E-state index in [4.69, 9.17) is 13.9 Å². The Morgan fingerprint density at radius 2 is 1.55 bits per heavy atom. The molecule has 5 heteroatoms. The molecule has 0 N–H and O–H groups in total. The van der Waals surface area contributed by atoms with Crippen molar-refractivity contribution in [3.63, 3.8) is 0 Å². The lowest BCUT2D eigenvalue weighted by Crippen LogP contribution is -2.25. The van der Waals surface area contributed by atoms with E-state index in [9.17, 15) is 4.79 Å². The molecule has 33 heavy (non-hydrogen) atoms. The van der Waals surface area contributed by atoms with Crippen molar-refractivity contribution >= 4 is 11.0 Å². The molecule has 1 aromatic heterocycles. The van der Waals surface area contributed by atoms with Crippen molar-refractivity contribution in [3.05, 3.63) is 83.2 Å². The number of fused-ring (bicyclic) bond motifs is 1. The van der Waals surface area contributed by atoms with Crippen molar-refractivity contribution < 1.29 is 13.9 Å². The molecule has 1 saturated heterocycles. The fourth-order valence-electron chi connectivity index (χ4n) is 4.49. The van der Waals surface area contributed by atoms with Crippen LogP contribution < -0.4 is 15.1 Å². The maximum absolute atomic E-state index is 13.2. The van der Waals surface area contributed by atoms with Gasteiger partial charge in [0.05, 0.1) is 12.7 Å². The molecule has 1 aliphatic heterocycles. The quantitative estimate of drug-likeness (QED) is 0.349. The van der Waals surface area contributed by atoms with Crippen LogP contribution in [0.4, 0.5) is 0 Å². The Labute approximate surface area is 193 Å². The Hall–Kier alpha value is -3.57. The Morgan fingerprint density at radius 1 is 0.848 bits per heavy atom. The molecule has 5 rings (SSSR count). The van der Waals surface area contributed by atoms with Crippen LogP contribution in [0.1, 0.15) is 12.8 Å². The van der Waals surface area contributed by atoms with Gasteiger partial charge in [-0.15, -0.1) is 0 Å². The van der Waals surface area contributed by atoms with Crippen LogP contribution >= 0.6 is 0 Å². The maximum atomic E-state index is 13.2. The first-order valence-electron chi connectivity index (χ1n) is 11.4. The smallest absolute Gasteiger partial charge is 0.344 e. The molecule has 0 radical (unpaired) electrons. The molecule has 0 unspecified atom stereocenters. The molecule has 168 valence electrons. The SMILES string of the molecule is COc1ccc2c(-c3ccccc3)c(-c3ccc(OCCN4CCCC4)cc3)c(=O)oc2c1. The molecule has 0 spiro atoms. The topological polar surface area (TPSA) is 51.9 Å². The van der Waals surface area contributed by atoms with E-state index >= 15 is 0 Å². The number of likely N-dealkylation sites (tertiary alicyclic amines) is 1. The van der Waals surface area contributed by atoms with E-state index in [2.05, 4.69) is 4.90 Å². The second-order valence-corrected chi connectivity index (χ2v) is 8.29. The summed E-state index contributed by atoms with van der Waals surface area (Å²) in [6.07, 6.45) is 2.55. The zero-order chi connectivity index (χ0) is 22.6. The van der Waals surface area contributed by atoms with Crippen LogP contribution in [0.3, 0.4) is 0 Å². The predicted molar refractivity (Wildman–Crippen MR) is 131 cm³/mol. The zero-order valence-electron chi connectivity index (χ0n) is 18.8. The van der Waals surface area contributed by atoms with Gasteiger partial charge in [-0.3, -0.25) is 4.90 Å². The van der Waals surface area contributed by atoms with Gasteiger partial charge < -0.3 is 13.9 Å². The predicted octanol–water partition coefficient (Wildman–Crippen LogP) is 5.61. The fourth-order valence-corrected chi connectivity index (χ4v) is 4.49. The van der Waals surface area contributed by atoms with Crippen LogP contribution in [-0.4, -0.2) is 38.3 Å². The first-order chi connectivity index (χ1) is 16.2. The summed E-state index contributed by atoms with van der Waals surface area (Å²) >= 11 is 0. The normalized spacial score (nSPS) is 14.0. The number of rotatable bonds is 7. The molecule has 0 atom stereocenters. The van der Waals surface area contributed by atoms with E-state index in [0.717, 1.165) is 47.5 Å². The molecular weight excluding hydrogens is 414 g/mol. The third-order valence-electron chi connectivity index (χ3n) is 6.20. The van der Waals surface area contributed by atoms with Gasteiger partial charge in [0.15, 0.2) is 0 Å². The van der Waals surface area contributed by atoms with Gasteiger partial charge in [0, 0.05) is 23.6 Å². The standard InChI is InChI=1S/C28H27NO4/c1-31-23-13-14-24-25(19-23)33-28(30)27(26(24)20-7-3-2-4-8-20)21-9-11-22(12-10-21)32-18-17-29-15-5-6-16-29/h2-4,7-14,19H,5-6,15-18H2,1H3. The first-order valence-corrected chi connectivity index (χ1v) is 11.4. The molecular formula is C28H27NO4. The molecule has 1 aliphatic rings. The van der Waals surface area contributed by atoms with Crippen LogP contribution in [0.2, 0.25) is 0 Å². The lowest BCUT2D eigenvalue weighted by molar-refractivity contribution is 0.238. The molecule has 0 aliphatic carbocycles. The first kappa shape index (κ1) is 21.3. The van der Waals surface area contributed by atoms with Gasteiger partial charge in [-0.25, -0.2) is 4.79 Å². The lowest BCUT2D eigenvalue weighted by atomic mass is 9.93. The molecule has 0 saturated carbocycles. The van der Waals surface area contributed by atoms with E-state index in [0.29, 0.717) is 23.5 Å². The highest BCUT2D eigenvalue weighted by molar-refractivity contribution is 6.01. The Bertz CT molecular complexity index is 1290. The zero-order valence-corrected chi connectivity index (χ0v) is 18.8. The highest BCUT2D eigenvalue weighted by atomic mass is 16.5. The van der Waals surface area contributed by atoms with Gasteiger partial charge in [0.25, 0.3) is 0 Å². The van der Waals surface area contributed by atoms with Crippen LogP contribution in [0.5, 0.6) is 11.5 Å². The Balaban J connectivity index is 1.52. The summed E-state index contributed by atoms with van der Waals surface area (Å²) in [6, 6.07) is 23.2. The van der Waals surface area contributed by atoms with E-state index in [1.807, 2.05) is 66.7 Å². The fraction of sp³-hybridized carbons (Fsp3) is 0.250. The van der Waals surface area contributed by atoms with Gasteiger partial charge in [0.2, 0.25) is 0 Å². The van der Waals surface area contributed by atoms with Crippen LogP contribution in [0.15, 0.2) is 82.0 Å². The monoisotopic (exact) mass is 441 g/mol. The second-order valence-electron chi connectivity index (χ2n) is 8.29. The lowest BCUT2D eigenvalue weighted by Gasteiger charge is -2.15. The maximum Gasteiger partial charge on any atom is 0.344 e. The minimum Gasteiger partial charge on any atom is -0.497 e. The minimum absolute atomic E-state index is 0.377. The molecule has 0 amide bonds. The summed E-state index contributed by atoms with van der Waals surface area (Å²) in [6.45, 7) is 3.93. The van der Waals surface area contributed by atoms with Crippen molar-refractivity contribution in [1.29, 1.82) is 0 Å². The third-order valence-corrected chi connectivity index (χ3v) is 6.20. The summed E-state index contributed by atoms with van der Waals surface area (Å²) in [4.78, 5) is 15.6. The highest BCUT2D eigenvalue weighted by Crippen LogP contribution is 2.37. The van der Waals surface area contributed by atoms with Gasteiger partial charge in [-0.2, -0.15) is 0 Å². The van der Waals surface area contributed by atoms with E-state index in [-0.39, 0.29) is 5.63 Å². The summed E-state index contributed by atoms with van der Waals surface area (Å²) in [5, 5.41) is 0.863. The molecule has 0 bridgehead atoms. The van der Waals surface area contributed by atoms with E-state index in [1.165, 1.54) is 12.8 Å². The van der Waals surface area contributed by atoms with Crippen molar-refractivity contribution in [2.75, 3.05) is 33.4 Å². The summed E-state index contributed by atoms with van der Waals surface area (Å²) in [5.74, 6) is 1.45. The summed E-state index contributed by atoms with van der Waals surface area (Å²) in [7, 11) is 1.60. The number of ether oxygens (including phenoxy) is 2. The largest absolute Gasteiger partial charge is 0.497 e. The van der Waals surface area contributed by atoms with Crippen molar-refractivity contribution in [1.82, 2.24) is 4.90 Å². The van der Waals surface area contributed by atoms with Gasteiger partial charge >= 0.3 is 5.63 Å². The molecule has 2 heterocycles. The van der Waals surface area contributed by atoms with Crippen molar-refractivity contribution in [2.45, 2.75) is 12.8 Å². The van der Waals surface area contributed by atoms with Crippen LogP contribution in [0, 0.1) is 0 Å². The highest BCUT2D eigenvalue weighted by Gasteiger charge is 2.19. The van der Waals surface area contributed by atoms with Gasteiger partial charge in [-0.1, -0.05) is 42.5 Å². The third kappa shape index (κ3) is 4.50. The van der Waals surface area contributed by atoms with Crippen LogP contribution in [0.25, 0.3) is 33.2 Å². The average Bonchev–Trinajstić information content (AvgIpc) is 3.37. The number of benzene rings is 3. The van der Waals surface area contributed by atoms with E-state index < -0.39 is 0 Å². The number of hydrogen-bond donors (Lipinski definition) is 0. The summed E-state index contributed by atoms with van der Waals surface area (Å²) < 4.78 is 17.0. The molecule has 3 aromatic carbocycles. The van der Waals surface area contributed by atoms with E-state index in [1.54, 1.807) is 13.2 Å². The summed E-state index contributed by atoms with van der Waals surface area (Å²) in [5.41, 5.74) is 3.28. The second kappa shape index (κ2) is 9.51. The van der Waals surface area contributed by atoms with Crippen molar-refractivity contribution in [3.8, 4) is 33.8 Å².